The molecule has 0 saturated carbocycles. The molecule has 0 aromatic rings. The number of hydrogen-bond donors (Lipinski definition) is 5. The number of hydrogen-bond acceptors (Lipinski definition) is 5. The maximum Gasteiger partial charge on any atom is 0.249 e. The van der Waals surface area contributed by atoms with E-state index in [0.717, 1.165) is 38.5 Å². The number of aliphatic hydroxyl groups excluding tert-OH is 4. The largest absolute Gasteiger partial charge is 0.394 e. The number of allylic oxidation sites excluding steroid dienone is 2. The molecule has 0 saturated heterocycles. The van der Waals surface area contributed by atoms with E-state index < -0.39 is 36.9 Å². The van der Waals surface area contributed by atoms with Crippen LogP contribution in [0.1, 0.15) is 309 Å². The predicted octanol–water partition coefficient (Wildman–Crippen LogP) is 16.1. The second-order valence-electron chi connectivity index (χ2n) is 19.6. The summed E-state index contributed by atoms with van der Waals surface area (Å²) in [7, 11) is 0. The number of unbranched alkanes of at least 4 members (excludes halogenated alkanes) is 41. The van der Waals surface area contributed by atoms with Crippen LogP contribution in [0.5, 0.6) is 0 Å². The van der Waals surface area contributed by atoms with Gasteiger partial charge in [-0.25, -0.2) is 0 Å². The molecule has 0 spiro atoms. The Labute approximate surface area is 387 Å². The van der Waals surface area contributed by atoms with Crippen molar-refractivity contribution in [1.29, 1.82) is 0 Å². The molecule has 4 unspecified atom stereocenters. The zero-order valence-electron chi connectivity index (χ0n) is 41.9. The van der Waals surface area contributed by atoms with Crippen LogP contribution >= 0.6 is 0 Å². The molecule has 4 atom stereocenters. The van der Waals surface area contributed by atoms with Crippen LogP contribution < -0.4 is 5.32 Å². The summed E-state index contributed by atoms with van der Waals surface area (Å²) in [5.74, 6) is -0.579. The Morgan fingerprint density at radius 2 is 0.645 bits per heavy atom. The lowest BCUT2D eigenvalue weighted by molar-refractivity contribution is -0.132. The Morgan fingerprint density at radius 3 is 0.935 bits per heavy atom. The van der Waals surface area contributed by atoms with Gasteiger partial charge in [-0.3, -0.25) is 4.79 Å². The van der Waals surface area contributed by atoms with Crippen molar-refractivity contribution in [3.8, 4) is 0 Å². The lowest BCUT2D eigenvalue weighted by atomic mass is 9.99. The van der Waals surface area contributed by atoms with Crippen LogP contribution in [0.25, 0.3) is 0 Å². The monoisotopic (exact) mass is 878 g/mol. The summed E-state index contributed by atoms with van der Waals surface area (Å²) in [5, 5.41) is 44.0. The van der Waals surface area contributed by atoms with E-state index in [4.69, 9.17) is 0 Å². The van der Waals surface area contributed by atoms with E-state index in [2.05, 4.69) is 31.3 Å². The standard InChI is InChI=1S/C56H111NO5/c1-3-5-7-9-11-13-15-17-19-21-23-24-25-26-27-28-29-30-31-32-34-36-38-40-42-44-46-48-50-54(60)56(62)57-52(51-58)55(61)53(59)49-47-45-43-41-39-37-35-33-22-20-18-16-14-12-10-8-6-4-2/h26-27,52-55,58-61H,3-25,28-51H2,1-2H3,(H,57,62)/b27-26-. The second kappa shape index (κ2) is 51.0. The predicted molar refractivity (Wildman–Crippen MR) is 270 cm³/mol. The summed E-state index contributed by atoms with van der Waals surface area (Å²) in [6.45, 7) is 4.09. The Balaban J connectivity index is 3.59. The third-order valence-electron chi connectivity index (χ3n) is 13.5. The number of aliphatic hydroxyl groups is 4. The Kier molecular flexibility index (Phi) is 50.3. The summed E-state index contributed by atoms with van der Waals surface area (Å²) in [5.41, 5.74) is 0. The summed E-state index contributed by atoms with van der Waals surface area (Å²) in [6, 6.07) is -0.983. The van der Waals surface area contributed by atoms with E-state index >= 15 is 0 Å². The van der Waals surface area contributed by atoms with E-state index in [-0.39, 0.29) is 0 Å². The summed E-state index contributed by atoms with van der Waals surface area (Å²) >= 11 is 0. The van der Waals surface area contributed by atoms with Gasteiger partial charge in [0.15, 0.2) is 0 Å². The highest BCUT2D eigenvalue weighted by molar-refractivity contribution is 5.80. The minimum Gasteiger partial charge on any atom is -0.394 e. The topological polar surface area (TPSA) is 110 Å². The van der Waals surface area contributed by atoms with Gasteiger partial charge in [0.05, 0.1) is 18.8 Å². The number of nitrogens with one attached hydrogen (secondary N) is 1. The van der Waals surface area contributed by atoms with Crippen molar-refractivity contribution in [2.24, 2.45) is 0 Å². The van der Waals surface area contributed by atoms with Crippen molar-refractivity contribution in [3.05, 3.63) is 12.2 Å². The molecule has 0 radical (unpaired) electrons. The van der Waals surface area contributed by atoms with E-state index in [1.54, 1.807) is 0 Å². The molecule has 5 N–H and O–H groups in total. The molecule has 6 heteroatoms. The molecule has 0 rings (SSSR count). The van der Waals surface area contributed by atoms with E-state index in [1.165, 1.54) is 244 Å². The fourth-order valence-electron chi connectivity index (χ4n) is 9.05. The van der Waals surface area contributed by atoms with Crippen molar-refractivity contribution in [2.45, 2.75) is 334 Å². The van der Waals surface area contributed by atoms with Gasteiger partial charge in [-0.15, -0.1) is 0 Å². The number of carbonyl (C=O) groups excluding carboxylic acids is 1. The van der Waals surface area contributed by atoms with Gasteiger partial charge in [0.2, 0.25) is 5.91 Å². The smallest absolute Gasteiger partial charge is 0.249 e. The van der Waals surface area contributed by atoms with Gasteiger partial charge >= 0.3 is 0 Å². The van der Waals surface area contributed by atoms with E-state index in [1.807, 2.05) is 0 Å². The molecule has 62 heavy (non-hydrogen) atoms. The number of rotatable bonds is 52. The van der Waals surface area contributed by atoms with Gasteiger partial charge in [-0.2, -0.15) is 0 Å². The van der Waals surface area contributed by atoms with E-state index in [0.29, 0.717) is 12.8 Å². The average molecular weight is 879 g/mol. The van der Waals surface area contributed by atoms with Gasteiger partial charge in [0.1, 0.15) is 12.2 Å². The first-order valence-electron chi connectivity index (χ1n) is 28.1. The SMILES string of the molecule is CCCCCCCCCCCCCC/C=C\CCCCCCCCCCCCCCC(O)C(=O)NC(CO)C(O)C(O)CCCCCCCCCCCCCCCCCCCC. The summed E-state index contributed by atoms with van der Waals surface area (Å²) < 4.78 is 0. The molecule has 370 valence electrons. The van der Waals surface area contributed by atoms with E-state index in [9.17, 15) is 25.2 Å². The number of carbonyl (C=O) groups is 1. The van der Waals surface area contributed by atoms with Crippen LogP contribution in [-0.4, -0.2) is 57.3 Å². The molecule has 0 aliphatic carbocycles. The first-order chi connectivity index (χ1) is 30.5. The molecular formula is C56H111NO5. The van der Waals surface area contributed by atoms with Gasteiger partial charge in [-0.05, 0) is 38.5 Å². The summed E-state index contributed by atoms with van der Waals surface area (Å²) in [6.07, 6.45) is 59.9. The van der Waals surface area contributed by atoms with Gasteiger partial charge in [-0.1, -0.05) is 283 Å². The zero-order valence-corrected chi connectivity index (χ0v) is 41.9. The average Bonchev–Trinajstić information content (AvgIpc) is 3.28. The fourth-order valence-corrected chi connectivity index (χ4v) is 9.05. The first-order valence-corrected chi connectivity index (χ1v) is 28.1. The van der Waals surface area contributed by atoms with Gasteiger partial charge in [0.25, 0.3) is 0 Å². The first kappa shape index (κ1) is 61.0. The molecule has 0 aliphatic heterocycles. The molecule has 6 nitrogen and oxygen atoms in total. The highest BCUT2D eigenvalue weighted by atomic mass is 16.3. The minimum atomic E-state index is -1.26. The molecule has 0 heterocycles. The van der Waals surface area contributed by atoms with Crippen LogP contribution in [-0.2, 0) is 4.79 Å². The molecule has 0 bridgehead atoms. The lowest BCUT2D eigenvalue weighted by Crippen LogP contribution is -2.53. The highest BCUT2D eigenvalue weighted by Crippen LogP contribution is 2.18. The van der Waals surface area contributed by atoms with Crippen LogP contribution in [0.2, 0.25) is 0 Å². The van der Waals surface area contributed by atoms with Crippen LogP contribution in [0, 0.1) is 0 Å². The molecule has 0 fully saturated rings. The van der Waals surface area contributed by atoms with Crippen molar-refractivity contribution >= 4 is 5.91 Å². The van der Waals surface area contributed by atoms with Crippen LogP contribution in [0.4, 0.5) is 0 Å². The molecule has 0 aromatic heterocycles. The maximum absolute atomic E-state index is 12.6. The quantitative estimate of drug-likeness (QED) is 0.0309. The summed E-state index contributed by atoms with van der Waals surface area (Å²) in [4.78, 5) is 12.6. The van der Waals surface area contributed by atoms with Gasteiger partial charge < -0.3 is 25.7 Å². The number of amides is 1. The Hall–Kier alpha value is -0.950. The molecule has 0 aromatic carbocycles. The van der Waals surface area contributed by atoms with Crippen molar-refractivity contribution in [2.75, 3.05) is 6.61 Å². The fraction of sp³-hybridized carbons (Fsp3) is 0.946. The Bertz CT molecular complexity index is 898. The molecular weight excluding hydrogens is 767 g/mol. The van der Waals surface area contributed by atoms with Crippen molar-refractivity contribution < 1.29 is 25.2 Å². The van der Waals surface area contributed by atoms with Gasteiger partial charge in [0, 0.05) is 0 Å². The zero-order chi connectivity index (χ0) is 45.2. The lowest BCUT2D eigenvalue weighted by Gasteiger charge is -2.27. The third kappa shape index (κ3) is 44.3. The van der Waals surface area contributed by atoms with Crippen molar-refractivity contribution in [1.82, 2.24) is 5.32 Å². The van der Waals surface area contributed by atoms with Crippen LogP contribution in [0.15, 0.2) is 12.2 Å². The van der Waals surface area contributed by atoms with Crippen molar-refractivity contribution in [3.63, 3.8) is 0 Å². The Morgan fingerprint density at radius 1 is 0.387 bits per heavy atom. The highest BCUT2D eigenvalue weighted by Gasteiger charge is 2.28. The normalized spacial score (nSPS) is 13.8. The van der Waals surface area contributed by atoms with Crippen LogP contribution in [0.3, 0.4) is 0 Å². The third-order valence-corrected chi connectivity index (χ3v) is 13.5. The second-order valence-corrected chi connectivity index (χ2v) is 19.6. The molecule has 0 aliphatic rings. The minimum absolute atomic E-state index is 0.372. The maximum atomic E-state index is 12.6. The molecule has 1 amide bonds.